The molecule has 2 aliphatic heterocycles. The molecule has 132 valence electrons. The highest BCUT2D eigenvalue weighted by molar-refractivity contribution is 5.81. The molecule has 3 heterocycles. The number of nitrogens with zero attached hydrogens (tertiary/aromatic N) is 4. The summed E-state index contributed by atoms with van der Waals surface area (Å²) in [6.07, 6.45) is 5.42. The van der Waals surface area contributed by atoms with Crippen molar-refractivity contribution in [2.24, 2.45) is 0 Å². The normalized spacial score (nSPS) is 21.6. The molecule has 1 atom stereocenters. The predicted octanol–water partition coefficient (Wildman–Crippen LogP) is 1.70. The SMILES string of the molecule is O=C([C@@H]1CCCO1)N1CCN(Cc2ccc(-n3cccn3)cc2)CC1. The van der Waals surface area contributed by atoms with Gasteiger partial charge in [0, 0.05) is 51.7 Å². The highest BCUT2D eigenvalue weighted by Gasteiger charge is 2.30. The number of carbonyl (C=O) groups excluding carboxylic acids is 1. The van der Waals surface area contributed by atoms with Crippen LogP contribution >= 0.6 is 0 Å². The number of piperazine rings is 1. The number of benzene rings is 1. The Kier molecular flexibility index (Phi) is 4.81. The fourth-order valence-corrected chi connectivity index (χ4v) is 3.54. The summed E-state index contributed by atoms with van der Waals surface area (Å²) in [5.74, 6) is 0.181. The first-order valence-corrected chi connectivity index (χ1v) is 9.01. The highest BCUT2D eigenvalue weighted by atomic mass is 16.5. The first-order valence-electron chi connectivity index (χ1n) is 9.01. The Morgan fingerprint density at radius 2 is 1.96 bits per heavy atom. The van der Waals surface area contributed by atoms with Gasteiger partial charge in [-0.2, -0.15) is 5.10 Å². The number of ether oxygens (including phenoxy) is 1. The molecule has 25 heavy (non-hydrogen) atoms. The van der Waals surface area contributed by atoms with E-state index in [1.165, 1.54) is 5.56 Å². The lowest BCUT2D eigenvalue weighted by molar-refractivity contribution is -0.142. The Hall–Kier alpha value is -2.18. The van der Waals surface area contributed by atoms with Crippen molar-refractivity contribution in [1.29, 1.82) is 0 Å². The lowest BCUT2D eigenvalue weighted by atomic mass is 10.1. The summed E-state index contributed by atoms with van der Waals surface area (Å²) in [6, 6.07) is 10.4. The lowest BCUT2D eigenvalue weighted by Gasteiger charge is -2.35. The molecule has 0 radical (unpaired) electrons. The van der Waals surface area contributed by atoms with Crippen LogP contribution in [0.25, 0.3) is 5.69 Å². The van der Waals surface area contributed by atoms with Gasteiger partial charge in [0.25, 0.3) is 5.91 Å². The topological polar surface area (TPSA) is 50.6 Å². The van der Waals surface area contributed by atoms with Crippen LogP contribution in [0.3, 0.4) is 0 Å². The third kappa shape index (κ3) is 3.75. The molecule has 1 aromatic carbocycles. The summed E-state index contributed by atoms with van der Waals surface area (Å²) in [5, 5.41) is 4.25. The monoisotopic (exact) mass is 340 g/mol. The Bertz CT molecular complexity index is 685. The summed E-state index contributed by atoms with van der Waals surface area (Å²) in [6.45, 7) is 5.07. The Morgan fingerprint density at radius 3 is 2.60 bits per heavy atom. The molecular weight excluding hydrogens is 316 g/mol. The average Bonchev–Trinajstić information content (AvgIpc) is 3.36. The van der Waals surface area contributed by atoms with Crippen molar-refractivity contribution >= 4 is 5.91 Å². The molecule has 0 bridgehead atoms. The van der Waals surface area contributed by atoms with Gasteiger partial charge in [-0.15, -0.1) is 0 Å². The van der Waals surface area contributed by atoms with Gasteiger partial charge in [0.2, 0.25) is 0 Å². The van der Waals surface area contributed by atoms with Crippen molar-refractivity contribution in [1.82, 2.24) is 19.6 Å². The molecule has 0 saturated carbocycles. The number of rotatable bonds is 4. The zero-order valence-corrected chi connectivity index (χ0v) is 14.4. The molecule has 2 aliphatic rings. The number of amides is 1. The summed E-state index contributed by atoms with van der Waals surface area (Å²) >= 11 is 0. The second-order valence-electron chi connectivity index (χ2n) is 6.72. The maximum absolute atomic E-state index is 12.4. The van der Waals surface area contributed by atoms with E-state index in [4.69, 9.17) is 4.74 Å². The fraction of sp³-hybridized carbons (Fsp3) is 0.474. The first kappa shape index (κ1) is 16.3. The molecule has 2 fully saturated rings. The number of carbonyl (C=O) groups is 1. The van der Waals surface area contributed by atoms with Crippen molar-refractivity contribution in [2.45, 2.75) is 25.5 Å². The molecule has 4 rings (SSSR count). The Morgan fingerprint density at radius 1 is 1.16 bits per heavy atom. The van der Waals surface area contributed by atoms with Crippen LogP contribution < -0.4 is 0 Å². The molecule has 2 saturated heterocycles. The highest BCUT2D eigenvalue weighted by Crippen LogP contribution is 2.17. The van der Waals surface area contributed by atoms with Gasteiger partial charge in [0.05, 0.1) is 5.69 Å². The van der Waals surface area contributed by atoms with E-state index in [2.05, 4.69) is 34.3 Å². The van der Waals surface area contributed by atoms with Crippen molar-refractivity contribution in [2.75, 3.05) is 32.8 Å². The van der Waals surface area contributed by atoms with Crippen LogP contribution in [0, 0.1) is 0 Å². The van der Waals surface area contributed by atoms with Crippen LogP contribution in [0.1, 0.15) is 18.4 Å². The Labute approximate surface area is 148 Å². The van der Waals surface area contributed by atoms with Crippen LogP contribution in [-0.2, 0) is 16.1 Å². The molecule has 6 nitrogen and oxygen atoms in total. The molecule has 2 aromatic rings. The van der Waals surface area contributed by atoms with Crippen LogP contribution in [0.15, 0.2) is 42.7 Å². The molecular formula is C19H24N4O2. The van der Waals surface area contributed by atoms with Crippen molar-refractivity contribution in [3.05, 3.63) is 48.3 Å². The number of hydrogen-bond acceptors (Lipinski definition) is 4. The van der Waals surface area contributed by atoms with Gasteiger partial charge < -0.3 is 9.64 Å². The van der Waals surface area contributed by atoms with Crippen molar-refractivity contribution < 1.29 is 9.53 Å². The van der Waals surface area contributed by atoms with E-state index in [0.717, 1.165) is 57.9 Å². The second kappa shape index (κ2) is 7.37. The van der Waals surface area contributed by atoms with Gasteiger partial charge in [-0.05, 0) is 36.6 Å². The van der Waals surface area contributed by atoms with E-state index in [0.29, 0.717) is 0 Å². The van der Waals surface area contributed by atoms with Crippen LogP contribution in [-0.4, -0.2) is 64.4 Å². The third-order valence-electron chi connectivity index (χ3n) is 5.00. The van der Waals surface area contributed by atoms with E-state index in [1.54, 1.807) is 6.20 Å². The minimum absolute atomic E-state index is 0.181. The number of hydrogen-bond donors (Lipinski definition) is 0. The minimum atomic E-state index is -0.193. The number of aromatic nitrogens is 2. The van der Waals surface area contributed by atoms with Gasteiger partial charge in [-0.25, -0.2) is 4.68 Å². The van der Waals surface area contributed by atoms with E-state index >= 15 is 0 Å². The fourth-order valence-electron chi connectivity index (χ4n) is 3.54. The molecule has 0 N–H and O–H groups in total. The Balaban J connectivity index is 1.29. The average molecular weight is 340 g/mol. The molecule has 1 amide bonds. The summed E-state index contributed by atoms with van der Waals surface area (Å²) in [4.78, 5) is 16.8. The lowest BCUT2D eigenvalue weighted by Crippen LogP contribution is -2.51. The van der Waals surface area contributed by atoms with E-state index in [-0.39, 0.29) is 12.0 Å². The van der Waals surface area contributed by atoms with Gasteiger partial charge in [0.1, 0.15) is 6.10 Å². The van der Waals surface area contributed by atoms with Gasteiger partial charge in [-0.3, -0.25) is 9.69 Å². The van der Waals surface area contributed by atoms with Crippen LogP contribution in [0.2, 0.25) is 0 Å². The third-order valence-corrected chi connectivity index (χ3v) is 5.00. The zero-order chi connectivity index (χ0) is 17.1. The summed E-state index contributed by atoms with van der Waals surface area (Å²) < 4.78 is 7.38. The van der Waals surface area contributed by atoms with Crippen LogP contribution in [0.5, 0.6) is 0 Å². The molecule has 0 aliphatic carbocycles. The molecule has 6 heteroatoms. The second-order valence-corrected chi connectivity index (χ2v) is 6.72. The molecule has 1 aromatic heterocycles. The van der Waals surface area contributed by atoms with Gasteiger partial charge in [-0.1, -0.05) is 12.1 Å². The smallest absolute Gasteiger partial charge is 0.251 e. The maximum atomic E-state index is 12.4. The zero-order valence-electron chi connectivity index (χ0n) is 14.4. The van der Waals surface area contributed by atoms with E-state index in [1.807, 2.05) is 21.8 Å². The standard InChI is InChI=1S/C19H24N4O2/c24-19(18-3-1-14-25-18)22-12-10-21(11-13-22)15-16-4-6-17(7-5-16)23-9-2-8-20-23/h2,4-9,18H,1,3,10-15H2/t18-/m0/s1. The quantitative estimate of drug-likeness (QED) is 0.850. The molecule has 0 unspecified atom stereocenters. The minimum Gasteiger partial charge on any atom is -0.368 e. The predicted molar refractivity (Wildman–Crippen MR) is 94.4 cm³/mol. The van der Waals surface area contributed by atoms with E-state index < -0.39 is 0 Å². The van der Waals surface area contributed by atoms with E-state index in [9.17, 15) is 4.79 Å². The first-order chi connectivity index (χ1) is 12.3. The molecule has 0 spiro atoms. The van der Waals surface area contributed by atoms with Crippen molar-refractivity contribution in [3.63, 3.8) is 0 Å². The van der Waals surface area contributed by atoms with Crippen LogP contribution in [0.4, 0.5) is 0 Å². The maximum Gasteiger partial charge on any atom is 0.251 e. The van der Waals surface area contributed by atoms with Gasteiger partial charge >= 0.3 is 0 Å². The van der Waals surface area contributed by atoms with Crippen molar-refractivity contribution in [3.8, 4) is 5.69 Å². The largest absolute Gasteiger partial charge is 0.368 e. The summed E-state index contributed by atoms with van der Waals surface area (Å²) in [7, 11) is 0. The van der Waals surface area contributed by atoms with Gasteiger partial charge in [0.15, 0.2) is 0 Å². The summed E-state index contributed by atoms with van der Waals surface area (Å²) in [5.41, 5.74) is 2.36.